The molecule has 0 atom stereocenters. The normalized spacial score (nSPS) is 10.4. The zero-order valence-electron chi connectivity index (χ0n) is 14.0. The molecular formula is C20H15Cl2N3O. The van der Waals surface area contributed by atoms with E-state index in [2.05, 4.69) is 11.1 Å². The molecule has 0 bridgehead atoms. The molecule has 130 valence electrons. The van der Waals surface area contributed by atoms with Crippen LogP contribution >= 0.6 is 23.2 Å². The van der Waals surface area contributed by atoms with Crippen molar-refractivity contribution in [3.05, 3.63) is 64.1 Å². The summed E-state index contributed by atoms with van der Waals surface area (Å²) in [7, 11) is 0. The molecular weight excluding hydrogens is 369 g/mol. The zero-order valence-corrected chi connectivity index (χ0v) is 15.5. The maximum Gasteiger partial charge on any atom is 0.232 e. The molecule has 2 N–H and O–H groups in total. The number of anilines is 1. The maximum atomic E-state index is 9.67. The van der Waals surface area contributed by atoms with Gasteiger partial charge in [-0.2, -0.15) is 5.26 Å². The summed E-state index contributed by atoms with van der Waals surface area (Å²) in [6.07, 6.45) is 0. The highest BCUT2D eigenvalue weighted by Crippen LogP contribution is 2.37. The van der Waals surface area contributed by atoms with E-state index in [-0.39, 0.29) is 5.88 Å². The molecule has 0 unspecified atom stereocenters. The molecule has 2 aromatic carbocycles. The molecule has 26 heavy (non-hydrogen) atoms. The van der Waals surface area contributed by atoms with Crippen LogP contribution in [0.5, 0.6) is 5.88 Å². The van der Waals surface area contributed by atoms with Gasteiger partial charge in [-0.25, -0.2) is 4.98 Å². The minimum Gasteiger partial charge on any atom is -0.477 e. The van der Waals surface area contributed by atoms with Crippen LogP contribution in [-0.4, -0.2) is 11.6 Å². The molecule has 0 aliphatic rings. The van der Waals surface area contributed by atoms with Crippen LogP contribution in [0.25, 0.3) is 22.4 Å². The quantitative estimate of drug-likeness (QED) is 0.597. The van der Waals surface area contributed by atoms with Crippen LogP contribution < -0.4 is 10.5 Å². The third kappa shape index (κ3) is 3.60. The van der Waals surface area contributed by atoms with E-state index in [1.165, 1.54) is 0 Å². The van der Waals surface area contributed by atoms with Gasteiger partial charge in [-0.05, 0) is 37.3 Å². The van der Waals surface area contributed by atoms with Crippen LogP contribution in [0.2, 0.25) is 10.0 Å². The maximum absolute atomic E-state index is 9.67. The molecule has 0 aliphatic carbocycles. The number of ether oxygens (including phenoxy) is 1. The smallest absolute Gasteiger partial charge is 0.232 e. The van der Waals surface area contributed by atoms with E-state index in [1.807, 2.05) is 25.1 Å². The van der Waals surface area contributed by atoms with Crippen molar-refractivity contribution >= 4 is 28.9 Å². The molecule has 1 heterocycles. The zero-order chi connectivity index (χ0) is 18.7. The number of nitriles is 1. The number of nitrogen functional groups attached to an aromatic ring is 1. The summed E-state index contributed by atoms with van der Waals surface area (Å²) in [5.41, 5.74) is 9.60. The number of hydrogen-bond donors (Lipinski definition) is 1. The van der Waals surface area contributed by atoms with Crippen LogP contribution in [0.4, 0.5) is 5.69 Å². The Balaban J connectivity index is 2.27. The van der Waals surface area contributed by atoms with Gasteiger partial charge < -0.3 is 10.5 Å². The Labute approximate surface area is 161 Å². The second-order valence-electron chi connectivity index (χ2n) is 5.53. The predicted octanol–water partition coefficient (Wildman–Crippen LogP) is 5.57. The number of hydrogen-bond acceptors (Lipinski definition) is 4. The first-order valence-corrected chi connectivity index (χ1v) is 8.68. The van der Waals surface area contributed by atoms with Crippen molar-refractivity contribution in [3.63, 3.8) is 0 Å². The lowest BCUT2D eigenvalue weighted by Crippen LogP contribution is -2.01. The summed E-state index contributed by atoms with van der Waals surface area (Å²) < 4.78 is 5.61. The van der Waals surface area contributed by atoms with Gasteiger partial charge in [0, 0.05) is 32.4 Å². The van der Waals surface area contributed by atoms with E-state index in [4.69, 9.17) is 33.7 Å². The monoisotopic (exact) mass is 383 g/mol. The van der Waals surface area contributed by atoms with Crippen molar-refractivity contribution in [2.45, 2.75) is 6.92 Å². The minimum atomic E-state index is 0.269. The number of aromatic nitrogens is 1. The standard InChI is InChI=1S/C20H15Cl2N3O/c1-2-26-20-17(11-23)16(15-8-5-13(21)9-18(15)22)10-19(25-20)12-3-6-14(24)7-4-12/h3-10H,2,24H2,1H3. The lowest BCUT2D eigenvalue weighted by molar-refractivity contribution is 0.326. The molecule has 1 aromatic heterocycles. The van der Waals surface area contributed by atoms with Gasteiger partial charge in [-0.15, -0.1) is 0 Å². The fourth-order valence-electron chi connectivity index (χ4n) is 2.59. The van der Waals surface area contributed by atoms with Crippen LogP contribution in [0.15, 0.2) is 48.5 Å². The van der Waals surface area contributed by atoms with Crippen molar-refractivity contribution < 1.29 is 4.74 Å². The molecule has 3 rings (SSSR count). The van der Waals surface area contributed by atoms with E-state index < -0.39 is 0 Å². The predicted molar refractivity (Wildman–Crippen MR) is 105 cm³/mol. The summed E-state index contributed by atoms with van der Waals surface area (Å²) in [5.74, 6) is 0.269. The van der Waals surface area contributed by atoms with E-state index in [0.717, 1.165) is 5.56 Å². The van der Waals surface area contributed by atoms with Gasteiger partial charge >= 0.3 is 0 Å². The Bertz CT molecular complexity index is 995. The van der Waals surface area contributed by atoms with Crippen LogP contribution in [-0.2, 0) is 0 Å². The molecule has 0 aliphatic heterocycles. The fraction of sp³-hybridized carbons (Fsp3) is 0.100. The molecule has 4 nitrogen and oxygen atoms in total. The first-order chi connectivity index (χ1) is 12.5. The first-order valence-electron chi connectivity index (χ1n) is 7.92. The minimum absolute atomic E-state index is 0.269. The summed E-state index contributed by atoms with van der Waals surface area (Å²) in [6.45, 7) is 2.23. The number of benzene rings is 2. The molecule has 0 saturated carbocycles. The third-order valence-corrected chi connectivity index (χ3v) is 4.35. The van der Waals surface area contributed by atoms with E-state index in [1.54, 1.807) is 30.3 Å². The summed E-state index contributed by atoms with van der Waals surface area (Å²) >= 11 is 12.4. The van der Waals surface area contributed by atoms with E-state index in [9.17, 15) is 5.26 Å². The van der Waals surface area contributed by atoms with Crippen molar-refractivity contribution in [1.29, 1.82) is 5.26 Å². The molecule has 0 saturated heterocycles. The molecule has 0 radical (unpaired) electrons. The van der Waals surface area contributed by atoms with Crippen molar-refractivity contribution in [1.82, 2.24) is 4.98 Å². The number of pyridine rings is 1. The van der Waals surface area contributed by atoms with Crippen LogP contribution in [0.3, 0.4) is 0 Å². The molecule has 3 aromatic rings. The van der Waals surface area contributed by atoms with Crippen LogP contribution in [0, 0.1) is 11.3 Å². The van der Waals surface area contributed by atoms with Gasteiger partial charge in [0.25, 0.3) is 0 Å². The Morgan fingerprint density at radius 1 is 1.08 bits per heavy atom. The first kappa shape index (κ1) is 18.1. The lowest BCUT2D eigenvalue weighted by atomic mass is 9.98. The highest BCUT2D eigenvalue weighted by atomic mass is 35.5. The Hall–Kier alpha value is -2.74. The average molecular weight is 384 g/mol. The van der Waals surface area contributed by atoms with Gasteiger partial charge in [0.05, 0.1) is 12.3 Å². The number of nitrogens with two attached hydrogens (primary N) is 1. The highest BCUT2D eigenvalue weighted by Gasteiger charge is 2.18. The van der Waals surface area contributed by atoms with Gasteiger partial charge in [0.15, 0.2) is 0 Å². The lowest BCUT2D eigenvalue weighted by Gasteiger charge is -2.14. The summed E-state index contributed by atoms with van der Waals surface area (Å²) in [5, 5.41) is 10.6. The van der Waals surface area contributed by atoms with Gasteiger partial charge in [-0.1, -0.05) is 41.4 Å². The van der Waals surface area contributed by atoms with Gasteiger partial charge in [-0.3, -0.25) is 0 Å². The SMILES string of the molecule is CCOc1nc(-c2ccc(N)cc2)cc(-c2ccc(Cl)cc2Cl)c1C#N. The summed E-state index contributed by atoms with van der Waals surface area (Å²) in [4.78, 5) is 4.51. The Kier molecular flexibility index (Phi) is 5.32. The number of halogens is 2. The molecule has 0 fully saturated rings. The Morgan fingerprint density at radius 3 is 2.42 bits per heavy atom. The fourth-order valence-corrected chi connectivity index (χ4v) is 3.10. The van der Waals surface area contributed by atoms with E-state index in [0.29, 0.717) is 44.7 Å². The van der Waals surface area contributed by atoms with Crippen molar-refractivity contribution in [2.24, 2.45) is 0 Å². The van der Waals surface area contributed by atoms with Crippen molar-refractivity contribution in [2.75, 3.05) is 12.3 Å². The number of nitrogens with zero attached hydrogens (tertiary/aromatic N) is 2. The van der Waals surface area contributed by atoms with E-state index >= 15 is 0 Å². The Morgan fingerprint density at radius 2 is 1.81 bits per heavy atom. The molecule has 6 heteroatoms. The third-order valence-electron chi connectivity index (χ3n) is 3.81. The molecule has 0 amide bonds. The molecule has 0 spiro atoms. The van der Waals surface area contributed by atoms with Crippen LogP contribution in [0.1, 0.15) is 12.5 Å². The van der Waals surface area contributed by atoms with Crippen molar-refractivity contribution in [3.8, 4) is 34.3 Å². The summed E-state index contributed by atoms with van der Waals surface area (Å²) in [6, 6.07) is 16.5. The second-order valence-corrected chi connectivity index (χ2v) is 6.37. The topological polar surface area (TPSA) is 71.9 Å². The highest BCUT2D eigenvalue weighted by molar-refractivity contribution is 6.36. The van der Waals surface area contributed by atoms with Gasteiger partial charge in [0.1, 0.15) is 11.6 Å². The second kappa shape index (κ2) is 7.65. The number of rotatable bonds is 4. The average Bonchev–Trinajstić information content (AvgIpc) is 2.62. The van der Waals surface area contributed by atoms with Gasteiger partial charge in [0.2, 0.25) is 5.88 Å². The largest absolute Gasteiger partial charge is 0.477 e.